The molecular formula is C29H52O4Si2. The molecule has 4 nitrogen and oxygen atoms in total. The maximum atomic E-state index is 9.80. The van der Waals surface area contributed by atoms with Crippen LogP contribution in [0, 0.1) is 47.6 Å². The Hall–Kier alpha value is -1.49. The van der Waals surface area contributed by atoms with Crippen LogP contribution in [0.25, 0.3) is 0 Å². The molecular weight excluding hydrogens is 468 g/mol. The van der Waals surface area contributed by atoms with Crippen molar-refractivity contribution in [1.82, 2.24) is 0 Å². The van der Waals surface area contributed by atoms with Gasteiger partial charge in [0.25, 0.3) is 0 Å². The van der Waals surface area contributed by atoms with Gasteiger partial charge >= 0.3 is 0 Å². The maximum Gasteiger partial charge on any atom is 0.146 e. The molecule has 0 atom stereocenters. The summed E-state index contributed by atoms with van der Waals surface area (Å²) in [4.78, 5) is 0. The molecule has 0 rings (SSSR count). The van der Waals surface area contributed by atoms with Gasteiger partial charge in [0.05, 0.1) is 12.2 Å². The molecule has 0 aliphatic rings. The molecule has 0 fully saturated rings. The average Bonchev–Trinajstić information content (AvgIpc) is 2.78. The number of terminal acetylenes is 2. The number of hydrogen-bond donors (Lipinski definition) is 1. The Bertz CT molecular complexity index is 630. The third kappa shape index (κ3) is 40.0. The van der Waals surface area contributed by atoms with Gasteiger partial charge < -0.3 is 19.3 Å². The Kier molecular flexibility index (Phi) is 27.8. The van der Waals surface area contributed by atoms with E-state index in [0.29, 0.717) is 6.79 Å². The Morgan fingerprint density at radius 1 is 0.714 bits per heavy atom. The second kappa shape index (κ2) is 25.6. The van der Waals surface area contributed by atoms with E-state index in [9.17, 15) is 5.11 Å². The van der Waals surface area contributed by atoms with Crippen molar-refractivity contribution < 1.29 is 19.3 Å². The number of aliphatic hydroxyl groups excluding tert-OH is 1. The van der Waals surface area contributed by atoms with Crippen molar-refractivity contribution in [2.75, 3.05) is 27.6 Å². The van der Waals surface area contributed by atoms with Crippen molar-refractivity contribution in [3.05, 3.63) is 0 Å². The summed E-state index contributed by atoms with van der Waals surface area (Å²) in [5.41, 5.74) is 6.64. The first-order chi connectivity index (χ1) is 16.4. The SMILES string of the molecule is C#CCCC(CCC#C)OCOC.CCOC.C[Si](C)(C)C#CCCC(O)CCC#C[Si](C)(C)C. The summed E-state index contributed by atoms with van der Waals surface area (Å²) < 4.78 is 14.7. The minimum atomic E-state index is -1.24. The number of ether oxygens (including phenoxy) is 3. The zero-order valence-corrected chi connectivity index (χ0v) is 26.1. The van der Waals surface area contributed by atoms with E-state index in [2.05, 4.69) is 78.8 Å². The zero-order chi connectivity index (χ0) is 27.6. The average molecular weight is 521 g/mol. The molecule has 0 amide bonds. The lowest BCUT2D eigenvalue weighted by Crippen LogP contribution is -2.16. The molecule has 35 heavy (non-hydrogen) atoms. The molecule has 0 heterocycles. The lowest BCUT2D eigenvalue weighted by molar-refractivity contribution is -0.0754. The molecule has 0 spiro atoms. The van der Waals surface area contributed by atoms with E-state index in [0.717, 1.165) is 58.0 Å². The minimum absolute atomic E-state index is 0.132. The predicted octanol–water partition coefficient (Wildman–Crippen LogP) is 6.12. The van der Waals surface area contributed by atoms with Crippen molar-refractivity contribution in [2.24, 2.45) is 0 Å². The summed E-state index contributed by atoms with van der Waals surface area (Å²) in [6.07, 6.45) is 16.5. The molecule has 200 valence electrons. The van der Waals surface area contributed by atoms with Crippen LogP contribution in [0.3, 0.4) is 0 Å². The Labute approximate surface area is 220 Å². The Morgan fingerprint density at radius 2 is 1.11 bits per heavy atom. The first kappa shape index (κ1) is 38.1. The highest BCUT2D eigenvalue weighted by atomic mass is 28.3. The smallest absolute Gasteiger partial charge is 0.146 e. The molecule has 1 N–H and O–H groups in total. The normalized spacial score (nSPS) is 10.3. The molecule has 0 saturated heterocycles. The number of methoxy groups -OCH3 is 2. The van der Waals surface area contributed by atoms with Crippen molar-refractivity contribution in [3.8, 4) is 47.6 Å². The second-order valence-electron chi connectivity index (χ2n) is 10.1. The van der Waals surface area contributed by atoms with Gasteiger partial charge in [0.1, 0.15) is 22.9 Å². The highest BCUT2D eigenvalue weighted by Crippen LogP contribution is 2.09. The van der Waals surface area contributed by atoms with E-state index < -0.39 is 16.1 Å². The first-order valence-electron chi connectivity index (χ1n) is 12.5. The van der Waals surface area contributed by atoms with Crippen LogP contribution in [0.4, 0.5) is 0 Å². The lowest BCUT2D eigenvalue weighted by Gasteiger charge is -2.14. The van der Waals surface area contributed by atoms with E-state index >= 15 is 0 Å². The predicted molar refractivity (Wildman–Crippen MR) is 157 cm³/mol. The first-order valence-corrected chi connectivity index (χ1v) is 19.5. The fourth-order valence-electron chi connectivity index (χ4n) is 2.24. The number of aliphatic hydroxyl groups is 1. The van der Waals surface area contributed by atoms with Gasteiger partial charge in [-0.2, -0.15) is 0 Å². The van der Waals surface area contributed by atoms with Crippen molar-refractivity contribution in [3.63, 3.8) is 0 Å². The summed E-state index contributed by atoms with van der Waals surface area (Å²) in [6, 6.07) is 0. The van der Waals surface area contributed by atoms with Gasteiger partial charge in [-0.15, -0.1) is 47.6 Å². The van der Waals surface area contributed by atoms with E-state index in [1.165, 1.54) is 0 Å². The number of rotatable bonds is 12. The van der Waals surface area contributed by atoms with Gasteiger partial charge in [-0.3, -0.25) is 0 Å². The molecule has 6 heteroatoms. The maximum absolute atomic E-state index is 9.80. The van der Waals surface area contributed by atoms with Gasteiger partial charge in [-0.05, 0) is 32.6 Å². The van der Waals surface area contributed by atoms with E-state index in [-0.39, 0.29) is 12.2 Å². The van der Waals surface area contributed by atoms with Crippen molar-refractivity contribution in [2.45, 2.75) is 110 Å². The molecule has 0 unspecified atom stereocenters. The molecule has 0 radical (unpaired) electrons. The Balaban J connectivity index is -0.000000526. The van der Waals surface area contributed by atoms with Crippen LogP contribution < -0.4 is 0 Å². The molecule has 0 aliphatic heterocycles. The molecule has 0 aromatic heterocycles. The largest absolute Gasteiger partial charge is 0.393 e. The summed E-state index contributed by atoms with van der Waals surface area (Å²) in [7, 11) is 0.793. The summed E-state index contributed by atoms with van der Waals surface area (Å²) in [5.74, 6) is 11.5. The van der Waals surface area contributed by atoms with Gasteiger partial charge in [0.2, 0.25) is 0 Å². The van der Waals surface area contributed by atoms with Crippen LogP contribution in [-0.4, -0.2) is 61.1 Å². The van der Waals surface area contributed by atoms with E-state index in [1.807, 2.05) is 6.92 Å². The summed E-state index contributed by atoms with van der Waals surface area (Å²) in [6.45, 7) is 16.5. The van der Waals surface area contributed by atoms with Crippen LogP contribution in [0.2, 0.25) is 39.3 Å². The van der Waals surface area contributed by atoms with Crippen LogP contribution in [0.1, 0.15) is 58.3 Å². The lowest BCUT2D eigenvalue weighted by atomic mass is 10.1. The fraction of sp³-hybridized carbons (Fsp3) is 0.724. The quantitative estimate of drug-likeness (QED) is 0.191. The van der Waals surface area contributed by atoms with Crippen molar-refractivity contribution >= 4 is 16.1 Å². The molecule has 0 aliphatic carbocycles. The van der Waals surface area contributed by atoms with E-state index in [1.54, 1.807) is 14.2 Å². The molecule has 0 bridgehead atoms. The molecule has 0 aromatic carbocycles. The summed E-state index contributed by atoms with van der Waals surface area (Å²) >= 11 is 0. The number of hydrogen-bond acceptors (Lipinski definition) is 4. The zero-order valence-electron chi connectivity index (χ0n) is 24.1. The van der Waals surface area contributed by atoms with Crippen LogP contribution >= 0.6 is 0 Å². The second-order valence-corrected chi connectivity index (χ2v) is 19.6. The van der Waals surface area contributed by atoms with Crippen LogP contribution in [0.15, 0.2) is 0 Å². The molecule has 0 aromatic rings. The van der Waals surface area contributed by atoms with Gasteiger partial charge in [0, 0.05) is 46.5 Å². The van der Waals surface area contributed by atoms with Gasteiger partial charge in [-0.25, -0.2) is 0 Å². The standard InChI is InChI=1S/C15H28OSi2.C11H16O2.C3H8O/c1-17(2,3)13-9-7-11-15(16)12-8-10-14-18(4,5)6;1-4-6-8-11(9-7-5-2)13-10-12-3;1-3-4-2/h15-16H,7-8,11-12H2,1-6H3;1-2,11H,6-10H2,3H3;3H2,1-2H3. The monoisotopic (exact) mass is 520 g/mol. The topological polar surface area (TPSA) is 47.9 Å². The third-order valence-electron chi connectivity index (χ3n) is 4.06. The minimum Gasteiger partial charge on any atom is -0.393 e. The summed E-state index contributed by atoms with van der Waals surface area (Å²) in [5, 5.41) is 9.80. The molecule has 0 saturated carbocycles. The highest BCUT2D eigenvalue weighted by molar-refractivity contribution is 6.84. The fourth-order valence-corrected chi connectivity index (χ4v) is 3.55. The Morgan fingerprint density at radius 3 is 1.40 bits per heavy atom. The van der Waals surface area contributed by atoms with Crippen molar-refractivity contribution in [1.29, 1.82) is 0 Å². The van der Waals surface area contributed by atoms with Crippen LogP contribution in [0.5, 0.6) is 0 Å². The third-order valence-corrected chi connectivity index (χ3v) is 5.92. The van der Waals surface area contributed by atoms with Crippen LogP contribution in [-0.2, 0) is 14.2 Å². The highest BCUT2D eigenvalue weighted by Gasteiger charge is 2.09. The van der Waals surface area contributed by atoms with Gasteiger partial charge in [0.15, 0.2) is 0 Å². The van der Waals surface area contributed by atoms with E-state index in [4.69, 9.17) is 22.3 Å². The van der Waals surface area contributed by atoms with Gasteiger partial charge in [-0.1, -0.05) is 39.3 Å².